The highest BCUT2D eigenvalue weighted by Crippen LogP contribution is 2.24. The molecule has 5 heteroatoms. The zero-order valence-electron chi connectivity index (χ0n) is 18.4. The second-order valence-corrected chi connectivity index (χ2v) is 7.91. The molecule has 0 aromatic heterocycles. The van der Waals surface area contributed by atoms with Gasteiger partial charge < -0.3 is 24.6 Å². The van der Waals surface area contributed by atoms with Gasteiger partial charge in [-0.3, -0.25) is 0 Å². The van der Waals surface area contributed by atoms with E-state index in [-0.39, 0.29) is 25.4 Å². The number of aryl methyl sites for hydroxylation is 1. The Morgan fingerprint density at radius 2 is 1.32 bits per heavy atom. The summed E-state index contributed by atoms with van der Waals surface area (Å²) in [7, 11) is 0. The lowest BCUT2D eigenvalue weighted by molar-refractivity contribution is 0.0409. The Hall–Kier alpha value is -1.14. The van der Waals surface area contributed by atoms with Gasteiger partial charge in [0.05, 0.1) is 12.2 Å². The van der Waals surface area contributed by atoms with Crippen molar-refractivity contribution < 1.29 is 19.7 Å². The average molecular weight is 396 g/mol. The molecule has 0 amide bonds. The minimum atomic E-state index is 0.0865. The molecule has 0 aliphatic heterocycles. The molecule has 0 saturated heterocycles. The maximum atomic E-state index is 9.02. The lowest BCUT2D eigenvalue weighted by Gasteiger charge is -2.37. The number of hydrogen-bond donors (Lipinski definition) is 2. The molecule has 1 rings (SSSR count). The van der Waals surface area contributed by atoms with Gasteiger partial charge in [-0.1, -0.05) is 12.1 Å². The monoisotopic (exact) mass is 395 g/mol. The van der Waals surface area contributed by atoms with Gasteiger partial charge in [0.2, 0.25) is 0 Å². The lowest BCUT2D eigenvalue weighted by Crippen LogP contribution is -2.42. The first kappa shape index (κ1) is 24.9. The van der Waals surface area contributed by atoms with E-state index in [1.54, 1.807) is 0 Å². The first-order chi connectivity index (χ1) is 13.4. The van der Waals surface area contributed by atoms with E-state index < -0.39 is 0 Å². The number of anilines is 1. The molecular weight excluding hydrogens is 354 g/mol. The minimum absolute atomic E-state index is 0.0865. The molecule has 2 N–H and O–H groups in total. The van der Waals surface area contributed by atoms with E-state index in [9.17, 15) is 0 Å². The normalized spacial score (nSPS) is 15.8. The molecule has 0 aliphatic carbocycles. The maximum Gasteiger partial charge on any atom is 0.0568 e. The van der Waals surface area contributed by atoms with E-state index in [1.807, 2.05) is 13.8 Å². The van der Waals surface area contributed by atoms with E-state index in [0.717, 1.165) is 12.8 Å². The van der Waals surface area contributed by atoms with Crippen LogP contribution in [0.2, 0.25) is 0 Å². The molecule has 4 unspecified atom stereocenters. The summed E-state index contributed by atoms with van der Waals surface area (Å²) in [5.74, 6) is 0. The SMILES string of the molecule is Cc1cccc(N(C(C)CCOC(C)CCO)C(C)CCOC(C)CCO)c1. The van der Waals surface area contributed by atoms with Crippen LogP contribution in [0.5, 0.6) is 0 Å². The predicted octanol–water partition coefficient (Wildman–Crippen LogP) is 3.93. The lowest BCUT2D eigenvalue weighted by atomic mass is 10.1. The zero-order chi connectivity index (χ0) is 20.9. The zero-order valence-corrected chi connectivity index (χ0v) is 18.4. The summed E-state index contributed by atoms with van der Waals surface area (Å²) in [6.07, 6.45) is 3.38. The van der Waals surface area contributed by atoms with Gasteiger partial charge in [0.15, 0.2) is 0 Å². The molecular formula is C23H41NO4. The number of aliphatic hydroxyl groups excluding tert-OH is 2. The van der Waals surface area contributed by atoms with Crippen molar-refractivity contribution in [3.8, 4) is 0 Å². The Morgan fingerprint density at radius 1 is 0.821 bits per heavy atom. The fourth-order valence-corrected chi connectivity index (χ4v) is 3.42. The molecule has 162 valence electrons. The number of ether oxygens (including phenoxy) is 2. The van der Waals surface area contributed by atoms with Crippen molar-refractivity contribution in [3.05, 3.63) is 29.8 Å². The summed E-state index contributed by atoms with van der Waals surface area (Å²) in [5.41, 5.74) is 2.48. The third-order valence-corrected chi connectivity index (χ3v) is 5.20. The highest BCUT2D eigenvalue weighted by molar-refractivity contribution is 5.50. The minimum Gasteiger partial charge on any atom is -0.396 e. The van der Waals surface area contributed by atoms with Gasteiger partial charge in [0.25, 0.3) is 0 Å². The largest absolute Gasteiger partial charge is 0.396 e. The summed E-state index contributed by atoms with van der Waals surface area (Å²) in [6.45, 7) is 12.3. The number of aliphatic hydroxyl groups is 2. The van der Waals surface area contributed by atoms with Gasteiger partial charge in [-0.25, -0.2) is 0 Å². The van der Waals surface area contributed by atoms with Crippen LogP contribution >= 0.6 is 0 Å². The highest BCUT2D eigenvalue weighted by atomic mass is 16.5. The molecule has 0 fully saturated rings. The van der Waals surface area contributed by atoms with Gasteiger partial charge in [0, 0.05) is 44.2 Å². The van der Waals surface area contributed by atoms with E-state index in [1.165, 1.54) is 11.3 Å². The van der Waals surface area contributed by atoms with Crippen LogP contribution in [0.15, 0.2) is 24.3 Å². The summed E-state index contributed by atoms with van der Waals surface area (Å²) < 4.78 is 11.7. The van der Waals surface area contributed by atoms with Crippen molar-refractivity contribution >= 4 is 5.69 Å². The fourth-order valence-electron chi connectivity index (χ4n) is 3.42. The van der Waals surface area contributed by atoms with Gasteiger partial charge in [-0.05, 0) is 78.0 Å². The fraction of sp³-hybridized carbons (Fsp3) is 0.739. The van der Waals surface area contributed by atoms with Crippen molar-refractivity contribution in [1.82, 2.24) is 0 Å². The van der Waals surface area contributed by atoms with Gasteiger partial charge in [0.1, 0.15) is 0 Å². The second-order valence-electron chi connectivity index (χ2n) is 7.91. The van der Waals surface area contributed by atoms with E-state index in [0.29, 0.717) is 38.1 Å². The van der Waals surface area contributed by atoms with Crippen LogP contribution < -0.4 is 4.90 Å². The van der Waals surface area contributed by atoms with Gasteiger partial charge >= 0.3 is 0 Å². The predicted molar refractivity (Wildman–Crippen MR) is 116 cm³/mol. The van der Waals surface area contributed by atoms with Crippen LogP contribution in [0.25, 0.3) is 0 Å². The summed E-state index contributed by atoms with van der Waals surface area (Å²) in [4.78, 5) is 2.47. The molecule has 0 saturated carbocycles. The molecule has 0 spiro atoms. The second kappa shape index (κ2) is 13.9. The molecule has 5 nitrogen and oxygen atoms in total. The van der Waals surface area contributed by atoms with E-state index in [4.69, 9.17) is 19.7 Å². The molecule has 1 aromatic rings. The molecule has 28 heavy (non-hydrogen) atoms. The number of hydrogen-bond acceptors (Lipinski definition) is 5. The quantitative estimate of drug-likeness (QED) is 0.471. The molecule has 0 aliphatic rings. The summed E-state index contributed by atoms with van der Waals surface area (Å²) in [5, 5.41) is 18.0. The van der Waals surface area contributed by atoms with Crippen LogP contribution in [0.4, 0.5) is 5.69 Å². The molecule has 0 radical (unpaired) electrons. The van der Waals surface area contributed by atoms with Gasteiger partial charge in [-0.15, -0.1) is 0 Å². The van der Waals surface area contributed by atoms with E-state index >= 15 is 0 Å². The first-order valence-corrected chi connectivity index (χ1v) is 10.7. The average Bonchev–Trinajstić information content (AvgIpc) is 2.62. The number of rotatable bonds is 15. The van der Waals surface area contributed by atoms with Gasteiger partial charge in [-0.2, -0.15) is 0 Å². The van der Waals surface area contributed by atoms with E-state index in [2.05, 4.69) is 49.9 Å². The number of benzene rings is 1. The van der Waals surface area contributed by atoms with Crippen molar-refractivity contribution in [2.75, 3.05) is 31.3 Å². The standard InChI is InChI=1S/C23H41NO4/c1-18-7-6-8-23(17-18)24(19(2)11-15-27-21(4)9-13-25)20(3)12-16-28-22(5)10-14-26/h6-8,17,19-22,25-26H,9-16H2,1-5H3. The summed E-state index contributed by atoms with van der Waals surface area (Å²) >= 11 is 0. The van der Waals surface area contributed by atoms with Crippen LogP contribution in [0.1, 0.15) is 58.9 Å². The van der Waals surface area contributed by atoms with Crippen molar-refractivity contribution in [2.45, 2.75) is 84.6 Å². The third kappa shape index (κ3) is 9.37. The van der Waals surface area contributed by atoms with Crippen LogP contribution in [0.3, 0.4) is 0 Å². The molecule has 4 atom stereocenters. The van der Waals surface area contributed by atoms with Crippen molar-refractivity contribution in [2.24, 2.45) is 0 Å². The Labute approximate surface area is 171 Å². The summed E-state index contributed by atoms with van der Waals surface area (Å²) in [6, 6.07) is 9.29. The molecule has 1 aromatic carbocycles. The van der Waals surface area contributed by atoms with Crippen molar-refractivity contribution in [1.29, 1.82) is 0 Å². The topological polar surface area (TPSA) is 62.2 Å². The maximum absolute atomic E-state index is 9.02. The Morgan fingerprint density at radius 3 is 1.75 bits per heavy atom. The molecule has 0 heterocycles. The van der Waals surface area contributed by atoms with Crippen LogP contribution in [-0.2, 0) is 9.47 Å². The molecule has 0 bridgehead atoms. The Kier molecular flexibility index (Phi) is 12.4. The van der Waals surface area contributed by atoms with Crippen molar-refractivity contribution in [3.63, 3.8) is 0 Å². The Bertz CT molecular complexity index is 501. The number of nitrogens with zero attached hydrogens (tertiary/aromatic N) is 1. The van der Waals surface area contributed by atoms with Crippen LogP contribution in [-0.4, -0.2) is 60.9 Å². The first-order valence-electron chi connectivity index (χ1n) is 10.7. The third-order valence-electron chi connectivity index (χ3n) is 5.20. The highest BCUT2D eigenvalue weighted by Gasteiger charge is 2.21. The Balaban J connectivity index is 2.70. The smallest absolute Gasteiger partial charge is 0.0568 e. The van der Waals surface area contributed by atoms with Crippen LogP contribution in [0, 0.1) is 6.92 Å².